The molecule has 1 rings (SSSR count). The summed E-state index contributed by atoms with van der Waals surface area (Å²) in [6, 6.07) is 0.337. The smallest absolute Gasteiger partial charge is 0.0586 e. The Bertz CT molecular complexity index is 194. The van der Waals surface area contributed by atoms with Gasteiger partial charge < -0.3 is 5.11 Å². The van der Waals surface area contributed by atoms with Gasteiger partial charge in [-0.15, -0.1) is 0 Å². The van der Waals surface area contributed by atoms with E-state index in [1.54, 1.807) is 5.54 Å². The Morgan fingerprint density at radius 2 is 2.29 bits per heavy atom. The van der Waals surface area contributed by atoms with Crippen LogP contribution in [0.1, 0.15) is 32.6 Å². The lowest BCUT2D eigenvalue weighted by Gasteiger charge is -2.28. The molecule has 0 amide bonds. The van der Waals surface area contributed by atoms with E-state index in [9.17, 15) is 5.11 Å². The summed E-state index contributed by atoms with van der Waals surface area (Å²) in [6.07, 6.45) is 4.89. The predicted molar refractivity (Wildman–Crippen MR) is 60.5 cm³/mol. The molecule has 0 aromatic carbocycles. The van der Waals surface area contributed by atoms with E-state index >= 15 is 0 Å². The standard InChI is InChI=1S/C11H20ClNO/c1-10(7-12)8-13-6-4-2-3-5-11(13)9-14/h7,11,14H,2-6,8-9H2,1H3. The van der Waals surface area contributed by atoms with Gasteiger partial charge >= 0.3 is 0 Å². The summed E-state index contributed by atoms with van der Waals surface area (Å²) in [7, 11) is 0. The molecule has 1 aliphatic rings. The lowest BCUT2D eigenvalue weighted by molar-refractivity contribution is 0.133. The van der Waals surface area contributed by atoms with Crippen molar-refractivity contribution in [1.29, 1.82) is 0 Å². The van der Waals surface area contributed by atoms with Crippen molar-refractivity contribution in [3.8, 4) is 0 Å². The molecule has 0 saturated carbocycles. The average Bonchev–Trinajstić information content (AvgIpc) is 2.42. The number of rotatable bonds is 3. The number of aliphatic hydroxyl groups is 1. The molecule has 1 atom stereocenters. The molecule has 1 saturated heterocycles. The molecular weight excluding hydrogens is 198 g/mol. The van der Waals surface area contributed by atoms with E-state index in [0.717, 1.165) is 19.5 Å². The van der Waals surface area contributed by atoms with Crippen LogP contribution in [0, 0.1) is 0 Å². The van der Waals surface area contributed by atoms with Crippen LogP contribution in [0.5, 0.6) is 0 Å². The highest BCUT2D eigenvalue weighted by Gasteiger charge is 2.19. The summed E-state index contributed by atoms with van der Waals surface area (Å²) >= 11 is 5.65. The van der Waals surface area contributed by atoms with Crippen molar-refractivity contribution in [2.45, 2.75) is 38.6 Å². The highest BCUT2D eigenvalue weighted by atomic mass is 35.5. The second-order valence-corrected chi connectivity index (χ2v) is 4.33. The third kappa shape index (κ3) is 3.60. The molecule has 3 heteroatoms. The van der Waals surface area contributed by atoms with Gasteiger partial charge in [0.25, 0.3) is 0 Å². The lowest BCUT2D eigenvalue weighted by atomic mass is 10.1. The first-order valence-electron chi connectivity index (χ1n) is 5.38. The summed E-state index contributed by atoms with van der Waals surface area (Å²) in [5, 5.41) is 9.28. The lowest BCUT2D eigenvalue weighted by Crippen LogP contribution is -2.38. The van der Waals surface area contributed by atoms with E-state index in [0.29, 0.717) is 6.04 Å². The van der Waals surface area contributed by atoms with Gasteiger partial charge in [-0.25, -0.2) is 0 Å². The molecule has 0 aromatic heterocycles. The number of likely N-dealkylation sites (tertiary alicyclic amines) is 1. The number of hydrogen-bond acceptors (Lipinski definition) is 2. The van der Waals surface area contributed by atoms with Gasteiger partial charge in [0.05, 0.1) is 6.61 Å². The third-order valence-electron chi connectivity index (χ3n) is 2.85. The molecule has 0 radical (unpaired) electrons. The van der Waals surface area contributed by atoms with E-state index in [2.05, 4.69) is 4.90 Å². The second kappa shape index (κ2) is 6.44. The molecule has 1 fully saturated rings. The van der Waals surface area contributed by atoms with Gasteiger partial charge in [0.1, 0.15) is 0 Å². The monoisotopic (exact) mass is 217 g/mol. The number of hydrogen-bond donors (Lipinski definition) is 1. The van der Waals surface area contributed by atoms with Crippen molar-refractivity contribution in [2.75, 3.05) is 19.7 Å². The van der Waals surface area contributed by atoms with Crippen LogP contribution in [0.15, 0.2) is 11.1 Å². The normalized spacial score (nSPS) is 26.2. The summed E-state index contributed by atoms with van der Waals surface area (Å²) in [4.78, 5) is 2.35. The van der Waals surface area contributed by atoms with E-state index in [1.165, 1.54) is 24.8 Å². The number of aliphatic hydroxyl groups excluding tert-OH is 1. The molecule has 0 aliphatic carbocycles. The Morgan fingerprint density at radius 3 is 2.93 bits per heavy atom. The highest BCUT2D eigenvalue weighted by Crippen LogP contribution is 2.17. The molecule has 0 spiro atoms. The van der Waals surface area contributed by atoms with E-state index < -0.39 is 0 Å². The van der Waals surface area contributed by atoms with Crippen LogP contribution in [0.25, 0.3) is 0 Å². The number of nitrogens with zero attached hydrogens (tertiary/aromatic N) is 1. The van der Waals surface area contributed by atoms with Crippen molar-refractivity contribution in [2.24, 2.45) is 0 Å². The molecule has 1 unspecified atom stereocenters. The maximum Gasteiger partial charge on any atom is 0.0586 e. The summed E-state index contributed by atoms with van der Waals surface area (Å²) < 4.78 is 0. The summed E-state index contributed by atoms with van der Waals surface area (Å²) in [6.45, 7) is 4.30. The van der Waals surface area contributed by atoms with E-state index in [4.69, 9.17) is 11.6 Å². The zero-order valence-corrected chi connectivity index (χ0v) is 9.63. The van der Waals surface area contributed by atoms with Crippen molar-refractivity contribution < 1.29 is 5.11 Å². The molecule has 1 N–H and O–H groups in total. The van der Waals surface area contributed by atoms with Crippen molar-refractivity contribution in [1.82, 2.24) is 4.90 Å². The van der Waals surface area contributed by atoms with Gasteiger partial charge in [-0.05, 0) is 31.9 Å². The first-order chi connectivity index (χ1) is 6.77. The quantitative estimate of drug-likeness (QED) is 0.785. The predicted octanol–water partition coefficient (Wildman–Crippen LogP) is 2.37. The molecule has 82 valence electrons. The SMILES string of the molecule is CC(=CCl)CN1CCCCCC1CO. The van der Waals surface area contributed by atoms with E-state index in [-0.39, 0.29) is 6.61 Å². The van der Waals surface area contributed by atoms with Crippen LogP contribution < -0.4 is 0 Å². The summed E-state index contributed by atoms with van der Waals surface area (Å²) in [5.74, 6) is 0. The van der Waals surface area contributed by atoms with Gasteiger partial charge in [-0.3, -0.25) is 4.90 Å². The van der Waals surface area contributed by atoms with Crippen molar-refractivity contribution >= 4 is 11.6 Å². The minimum Gasteiger partial charge on any atom is -0.395 e. The Labute approximate surface area is 91.6 Å². The first-order valence-corrected chi connectivity index (χ1v) is 5.82. The molecular formula is C11H20ClNO. The number of halogens is 1. The molecule has 1 heterocycles. The largest absolute Gasteiger partial charge is 0.395 e. The van der Waals surface area contributed by atoms with Crippen LogP contribution >= 0.6 is 11.6 Å². The van der Waals surface area contributed by atoms with Gasteiger partial charge in [-0.1, -0.05) is 24.4 Å². The first kappa shape index (κ1) is 12.0. The Hall–Kier alpha value is -0.0500. The van der Waals surface area contributed by atoms with Crippen LogP contribution in [0.4, 0.5) is 0 Å². The fourth-order valence-corrected chi connectivity index (χ4v) is 2.08. The topological polar surface area (TPSA) is 23.5 Å². The zero-order chi connectivity index (χ0) is 10.4. The maximum absolute atomic E-state index is 9.28. The molecule has 2 nitrogen and oxygen atoms in total. The van der Waals surface area contributed by atoms with E-state index in [1.807, 2.05) is 6.92 Å². The minimum absolute atomic E-state index is 0.273. The fourth-order valence-electron chi connectivity index (χ4n) is 2.01. The van der Waals surface area contributed by atoms with Gasteiger partial charge in [0.2, 0.25) is 0 Å². The molecule has 0 aromatic rings. The van der Waals surface area contributed by atoms with Crippen molar-refractivity contribution in [3.63, 3.8) is 0 Å². The third-order valence-corrected chi connectivity index (χ3v) is 3.22. The summed E-state index contributed by atoms with van der Waals surface area (Å²) in [5.41, 5.74) is 2.81. The van der Waals surface area contributed by atoms with Gasteiger partial charge in [0.15, 0.2) is 0 Å². The van der Waals surface area contributed by atoms with Crippen LogP contribution in [-0.4, -0.2) is 35.7 Å². The average molecular weight is 218 g/mol. The molecule has 14 heavy (non-hydrogen) atoms. The zero-order valence-electron chi connectivity index (χ0n) is 8.88. The minimum atomic E-state index is 0.273. The molecule has 1 aliphatic heterocycles. The van der Waals surface area contributed by atoms with Crippen LogP contribution in [0.2, 0.25) is 0 Å². The highest BCUT2D eigenvalue weighted by molar-refractivity contribution is 6.25. The Balaban J connectivity index is 2.52. The second-order valence-electron chi connectivity index (χ2n) is 4.11. The maximum atomic E-state index is 9.28. The van der Waals surface area contributed by atoms with Crippen LogP contribution in [0.3, 0.4) is 0 Å². The fraction of sp³-hybridized carbons (Fsp3) is 0.818. The Kier molecular flexibility index (Phi) is 5.53. The molecule has 0 bridgehead atoms. The van der Waals surface area contributed by atoms with Gasteiger partial charge in [-0.2, -0.15) is 0 Å². The van der Waals surface area contributed by atoms with Crippen molar-refractivity contribution in [3.05, 3.63) is 11.1 Å². The Morgan fingerprint density at radius 1 is 1.50 bits per heavy atom. The van der Waals surface area contributed by atoms with Crippen LogP contribution in [-0.2, 0) is 0 Å². The van der Waals surface area contributed by atoms with Gasteiger partial charge in [0, 0.05) is 18.1 Å².